The molecule has 1 unspecified atom stereocenters. The van der Waals surface area contributed by atoms with Gasteiger partial charge in [-0.05, 0) is 24.0 Å². The molecule has 3 heteroatoms. The number of carbonyl (C=O) groups excluding carboxylic acids is 1. The lowest BCUT2D eigenvalue weighted by atomic mass is 9.83. The maximum absolute atomic E-state index is 12.2. The fourth-order valence-corrected chi connectivity index (χ4v) is 3.09. The quantitative estimate of drug-likeness (QED) is 0.411. The molecule has 0 aliphatic heterocycles. The van der Waals surface area contributed by atoms with E-state index in [4.69, 9.17) is 4.74 Å². The molecule has 1 rings (SSSR count). The van der Waals surface area contributed by atoms with Crippen LogP contribution >= 0.6 is 11.8 Å². The fourth-order valence-electron chi connectivity index (χ4n) is 2.12. The first kappa shape index (κ1) is 21.3. The number of ether oxygens (including phenoxy) is 1. The van der Waals surface area contributed by atoms with Crippen molar-refractivity contribution in [3.05, 3.63) is 60.7 Å². The molecule has 0 aliphatic carbocycles. The molecule has 2 nitrogen and oxygen atoms in total. The first-order valence-electron chi connectivity index (χ1n) is 8.65. The van der Waals surface area contributed by atoms with E-state index in [1.807, 2.05) is 56.3 Å². The number of para-hydroxylation sites is 1. The Morgan fingerprint density at radius 2 is 2.00 bits per heavy atom. The van der Waals surface area contributed by atoms with Crippen molar-refractivity contribution in [2.45, 2.75) is 34.6 Å². The van der Waals surface area contributed by atoms with E-state index in [-0.39, 0.29) is 16.4 Å². The average molecular weight is 359 g/mol. The van der Waals surface area contributed by atoms with Gasteiger partial charge in [-0.1, -0.05) is 88.5 Å². The van der Waals surface area contributed by atoms with Crippen LogP contribution in [0, 0.1) is 11.3 Å². The summed E-state index contributed by atoms with van der Waals surface area (Å²) in [5.74, 6) is 1.52. The first-order valence-corrected chi connectivity index (χ1v) is 9.64. The summed E-state index contributed by atoms with van der Waals surface area (Å²) >= 11 is 1.36. The van der Waals surface area contributed by atoms with E-state index in [2.05, 4.69) is 27.4 Å². The molecule has 0 radical (unpaired) electrons. The van der Waals surface area contributed by atoms with Crippen LogP contribution in [0.2, 0.25) is 0 Å². The van der Waals surface area contributed by atoms with Gasteiger partial charge in [0.05, 0.1) is 6.61 Å². The predicted molar refractivity (Wildman–Crippen MR) is 111 cm³/mol. The van der Waals surface area contributed by atoms with Crippen molar-refractivity contribution < 1.29 is 9.53 Å². The third-order valence-electron chi connectivity index (χ3n) is 4.16. The van der Waals surface area contributed by atoms with Gasteiger partial charge in [-0.15, -0.1) is 0 Å². The molecule has 136 valence electrons. The summed E-state index contributed by atoms with van der Waals surface area (Å²) in [6.45, 7) is 14.5. The van der Waals surface area contributed by atoms with Crippen LogP contribution in [0.3, 0.4) is 0 Å². The Morgan fingerprint density at radius 1 is 1.32 bits per heavy atom. The number of carbonyl (C=O) groups is 1. The second-order valence-electron chi connectivity index (χ2n) is 6.94. The Labute approximate surface area is 157 Å². The van der Waals surface area contributed by atoms with E-state index < -0.39 is 0 Å². The minimum absolute atomic E-state index is 0.00412. The van der Waals surface area contributed by atoms with Crippen molar-refractivity contribution in [1.82, 2.24) is 0 Å². The normalized spacial score (nSPS) is 13.7. The fraction of sp³-hybridized carbons (Fsp3) is 0.409. The number of benzene rings is 1. The molecule has 1 aromatic carbocycles. The van der Waals surface area contributed by atoms with E-state index >= 15 is 0 Å². The van der Waals surface area contributed by atoms with Gasteiger partial charge in [0.25, 0.3) is 0 Å². The van der Waals surface area contributed by atoms with Gasteiger partial charge in [-0.3, -0.25) is 4.79 Å². The highest BCUT2D eigenvalue weighted by atomic mass is 32.2. The molecule has 0 fully saturated rings. The van der Waals surface area contributed by atoms with Crippen LogP contribution in [0.1, 0.15) is 40.2 Å². The van der Waals surface area contributed by atoms with Gasteiger partial charge in [0, 0.05) is 17.2 Å². The highest BCUT2D eigenvalue weighted by Crippen LogP contribution is 2.30. The molecule has 0 amide bonds. The number of hydrogen-bond donors (Lipinski definition) is 0. The molecule has 0 saturated carbocycles. The molecule has 0 heterocycles. The van der Waals surface area contributed by atoms with Crippen LogP contribution in [0.25, 0.3) is 5.57 Å². The molecular formula is C22H30O2S. The lowest BCUT2D eigenvalue weighted by molar-refractivity contribution is -0.116. The van der Waals surface area contributed by atoms with Gasteiger partial charge < -0.3 is 4.74 Å². The van der Waals surface area contributed by atoms with Gasteiger partial charge in [0.2, 0.25) is 0 Å². The summed E-state index contributed by atoms with van der Waals surface area (Å²) in [5.41, 5.74) is 2.12. The summed E-state index contributed by atoms with van der Waals surface area (Å²) in [4.78, 5) is 12.2. The van der Waals surface area contributed by atoms with E-state index in [1.165, 1.54) is 11.8 Å². The van der Waals surface area contributed by atoms with Gasteiger partial charge in [-0.2, -0.15) is 0 Å². The second-order valence-corrected chi connectivity index (χ2v) is 8.04. The maximum Gasteiger partial charge on any atom is 0.192 e. The molecular weight excluding hydrogens is 328 g/mol. The van der Waals surface area contributed by atoms with E-state index in [1.54, 1.807) is 6.08 Å². The van der Waals surface area contributed by atoms with Crippen LogP contribution in [0.15, 0.2) is 55.1 Å². The van der Waals surface area contributed by atoms with Crippen molar-refractivity contribution >= 4 is 22.5 Å². The van der Waals surface area contributed by atoms with Crippen molar-refractivity contribution in [3.8, 4) is 5.75 Å². The minimum atomic E-state index is -0.00412. The van der Waals surface area contributed by atoms with Crippen molar-refractivity contribution in [3.63, 3.8) is 0 Å². The molecule has 0 saturated heterocycles. The zero-order valence-electron chi connectivity index (χ0n) is 16.0. The Hall–Kier alpha value is -1.74. The second kappa shape index (κ2) is 10.3. The molecule has 25 heavy (non-hydrogen) atoms. The number of rotatable bonds is 8. The third-order valence-corrected chi connectivity index (χ3v) is 5.17. The summed E-state index contributed by atoms with van der Waals surface area (Å²) in [7, 11) is 0. The Morgan fingerprint density at radius 3 is 2.60 bits per heavy atom. The number of hydrogen-bond acceptors (Lipinski definition) is 3. The molecule has 0 aliphatic rings. The zero-order chi connectivity index (χ0) is 18.9. The average Bonchev–Trinajstić information content (AvgIpc) is 2.58. The molecule has 0 N–H and O–H groups in total. The summed E-state index contributed by atoms with van der Waals surface area (Å²) in [6.07, 6.45) is 7.73. The van der Waals surface area contributed by atoms with Crippen molar-refractivity contribution in [2.24, 2.45) is 11.3 Å². The largest absolute Gasteiger partial charge is 0.492 e. The minimum Gasteiger partial charge on any atom is -0.492 e. The highest BCUT2D eigenvalue weighted by molar-refractivity contribution is 8.13. The van der Waals surface area contributed by atoms with Gasteiger partial charge >= 0.3 is 0 Å². The van der Waals surface area contributed by atoms with Gasteiger partial charge in [-0.25, -0.2) is 0 Å². The van der Waals surface area contributed by atoms with Crippen LogP contribution in [0.5, 0.6) is 5.75 Å². The summed E-state index contributed by atoms with van der Waals surface area (Å²) in [6, 6.07) is 7.96. The molecule has 1 aromatic rings. The van der Waals surface area contributed by atoms with Crippen LogP contribution < -0.4 is 4.74 Å². The lowest BCUT2D eigenvalue weighted by Crippen LogP contribution is -2.24. The number of allylic oxidation sites excluding steroid dienone is 5. The van der Waals surface area contributed by atoms with Gasteiger partial charge in [0.1, 0.15) is 5.75 Å². The van der Waals surface area contributed by atoms with E-state index in [0.717, 1.165) is 16.9 Å². The monoisotopic (exact) mass is 358 g/mol. The topological polar surface area (TPSA) is 26.3 Å². The predicted octanol–water partition coefficient (Wildman–Crippen LogP) is 6.15. The van der Waals surface area contributed by atoms with Gasteiger partial charge in [0.15, 0.2) is 5.12 Å². The number of thioether (sulfide) groups is 1. The molecule has 0 bridgehead atoms. The van der Waals surface area contributed by atoms with E-state index in [0.29, 0.717) is 12.4 Å². The smallest absolute Gasteiger partial charge is 0.192 e. The van der Waals surface area contributed by atoms with E-state index in [9.17, 15) is 4.79 Å². The van der Waals surface area contributed by atoms with Crippen LogP contribution in [-0.4, -0.2) is 17.5 Å². The third kappa shape index (κ3) is 6.95. The first-order chi connectivity index (χ1) is 11.8. The summed E-state index contributed by atoms with van der Waals surface area (Å²) < 4.78 is 5.94. The lowest BCUT2D eigenvalue weighted by Gasteiger charge is -2.25. The summed E-state index contributed by atoms with van der Waals surface area (Å²) in [5, 5.41) is 0.229. The standard InChI is InChI=1S/C22H30O2S/c1-7-9-12-18(8-2)19-13-10-11-14-20(19)24-15-16-25-21(23)17(3)22(4,5)6/h7-14,17H,1,15-16H2,2-6H3/b12-9-,18-8+. The Bertz CT molecular complexity index is 636. The maximum atomic E-state index is 12.2. The Kier molecular flexibility index (Phi) is 8.77. The van der Waals surface area contributed by atoms with Crippen LogP contribution in [-0.2, 0) is 4.79 Å². The van der Waals surface area contributed by atoms with Crippen LogP contribution in [0.4, 0.5) is 0 Å². The van der Waals surface area contributed by atoms with Crippen molar-refractivity contribution in [1.29, 1.82) is 0 Å². The molecule has 0 aromatic heterocycles. The molecule has 0 spiro atoms. The zero-order valence-corrected chi connectivity index (χ0v) is 16.9. The highest BCUT2D eigenvalue weighted by Gasteiger charge is 2.26. The molecule has 1 atom stereocenters. The SMILES string of the molecule is C=C/C=C\C(=C/C)c1ccccc1OCCSC(=O)C(C)C(C)(C)C. The Balaban J connectivity index is 2.66. The van der Waals surface area contributed by atoms with Crippen molar-refractivity contribution in [2.75, 3.05) is 12.4 Å².